The van der Waals surface area contributed by atoms with E-state index in [9.17, 15) is 0 Å². The number of halogens is 1. The Balaban J connectivity index is 2.04. The minimum Gasteiger partial charge on any atom is -0.311 e. The normalized spacial score (nSPS) is 19.8. The van der Waals surface area contributed by atoms with Crippen LogP contribution in [0.25, 0.3) is 11.2 Å². The van der Waals surface area contributed by atoms with Gasteiger partial charge in [-0.25, -0.2) is 9.97 Å². The van der Waals surface area contributed by atoms with Gasteiger partial charge < -0.3 is 4.57 Å². The predicted molar refractivity (Wildman–Crippen MR) is 77.3 cm³/mol. The van der Waals surface area contributed by atoms with E-state index in [1.807, 2.05) is 24.0 Å². The Bertz CT molecular complexity index is 561. The number of alkyl halides is 1. The van der Waals surface area contributed by atoms with Crippen molar-refractivity contribution in [3.8, 4) is 0 Å². The van der Waals surface area contributed by atoms with Crippen molar-refractivity contribution >= 4 is 34.5 Å². The number of hydrogen-bond donors (Lipinski definition) is 0. The number of aromatic nitrogens is 3. The maximum atomic E-state index is 6.03. The van der Waals surface area contributed by atoms with Crippen LogP contribution in [0.1, 0.15) is 17.8 Å². The number of nitrogens with zero attached hydrogens (tertiary/aromatic N) is 3. The van der Waals surface area contributed by atoms with Crippen molar-refractivity contribution in [2.24, 2.45) is 5.92 Å². The SMILES string of the molecule is Cc1ccnc2c1nc(CCl)n2CC1CCSC1. The van der Waals surface area contributed by atoms with Gasteiger partial charge in [-0.1, -0.05) is 0 Å². The minimum atomic E-state index is 0.454. The molecule has 3 rings (SSSR count). The zero-order valence-electron chi connectivity index (χ0n) is 10.4. The smallest absolute Gasteiger partial charge is 0.160 e. The summed E-state index contributed by atoms with van der Waals surface area (Å²) in [7, 11) is 0. The molecule has 1 atom stereocenters. The third-order valence-corrected chi connectivity index (χ3v) is 4.97. The fourth-order valence-electron chi connectivity index (χ4n) is 2.46. The molecule has 1 fully saturated rings. The van der Waals surface area contributed by atoms with Crippen LogP contribution < -0.4 is 0 Å². The second-order valence-corrected chi connectivity index (χ2v) is 6.22. The van der Waals surface area contributed by atoms with Crippen molar-refractivity contribution < 1.29 is 0 Å². The van der Waals surface area contributed by atoms with Crippen LogP contribution in [-0.2, 0) is 12.4 Å². The Morgan fingerprint density at radius 3 is 3.17 bits per heavy atom. The average molecular weight is 282 g/mol. The molecule has 0 saturated carbocycles. The van der Waals surface area contributed by atoms with E-state index >= 15 is 0 Å². The highest BCUT2D eigenvalue weighted by Crippen LogP contribution is 2.27. The van der Waals surface area contributed by atoms with Crippen molar-refractivity contribution in [1.82, 2.24) is 14.5 Å². The van der Waals surface area contributed by atoms with Crippen LogP contribution >= 0.6 is 23.4 Å². The monoisotopic (exact) mass is 281 g/mol. The summed E-state index contributed by atoms with van der Waals surface area (Å²) in [6.45, 7) is 3.08. The Morgan fingerprint density at radius 2 is 2.44 bits per heavy atom. The van der Waals surface area contributed by atoms with Crippen LogP contribution in [0.3, 0.4) is 0 Å². The maximum Gasteiger partial charge on any atom is 0.160 e. The van der Waals surface area contributed by atoms with E-state index in [2.05, 4.69) is 21.5 Å². The molecule has 2 aromatic rings. The predicted octanol–water partition coefficient (Wildman–Crippen LogP) is 3.23. The van der Waals surface area contributed by atoms with E-state index in [0.29, 0.717) is 5.88 Å². The highest BCUT2D eigenvalue weighted by Gasteiger charge is 2.20. The van der Waals surface area contributed by atoms with Gasteiger partial charge in [-0.2, -0.15) is 11.8 Å². The fraction of sp³-hybridized carbons (Fsp3) is 0.538. The van der Waals surface area contributed by atoms with Gasteiger partial charge in [-0.05, 0) is 42.4 Å². The van der Waals surface area contributed by atoms with Crippen LogP contribution in [-0.4, -0.2) is 26.0 Å². The van der Waals surface area contributed by atoms with Gasteiger partial charge in [0.05, 0.1) is 5.88 Å². The first-order valence-corrected chi connectivity index (χ1v) is 7.93. The largest absolute Gasteiger partial charge is 0.311 e. The molecule has 1 aliphatic heterocycles. The first kappa shape index (κ1) is 12.3. The maximum absolute atomic E-state index is 6.03. The molecule has 0 spiro atoms. The Morgan fingerprint density at radius 1 is 1.56 bits per heavy atom. The van der Waals surface area contributed by atoms with Crippen LogP contribution in [0, 0.1) is 12.8 Å². The summed E-state index contributed by atoms with van der Waals surface area (Å²) in [6, 6.07) is 2.00. The van der Waals surface area contributed by atoms with E-state index in [0.717, 1.165) is 29.5 Å². The van der Waals surface area contributed by atoms with E-state index in [-0.39, 0.29) is 0 Å². The summed E-state index contributed by atoms with van der Waals surface area (Å²) in [5.74, 6) is 4.66. The lowest BCUT2D eigenvalue weighted by Gasteiger charge is -2.12. The summed E-state index contributed by atoms with van der Waals surface area (Å²) in [5.41, 5.74) is 3.16. The van der Waals surface area contributed by atoms with Crippen molar-refractivity contribution in [1.29, 1.82) is 0 Å². The molecule has 1 unspecified atom stereocenters. The first-order chi connectivity index (χ1) is 8.79. The van der Waals surface area contributed by atoms with Crippen LogP contribution in [0.2, 0.25) is 0 Å². The lowest BCUT2D eigenvalue weighted by atomic mass is 10.1. The molecule has 3 nitrogen and oxygen atoms in total. The van der Waals surface area contributed by atoms with Gasteiger partial charge in [0, 0.05) is 12.7 Å². The van der Waals surface area contributed by atoms with Crippen LogP contribution in [0.15, 0.2) is 12.3 Å². The number of hydrogen-bond acceptors (Lipinski definition) is 3. The number of rotatable bonds is 3. The number of imidazole rings is 1. The van der Waals surface area contributed by atoms with Gasteiger partial charge >= 0.3 is 0 Å². The number of aryl methyl sites for hydroxylation is 1. The molecular weight excluding hydrogens is 266 g/mol. The summed E-state index contributed by atoms with van der Waals surface area (Å²) in [4.78, 5) is 9.12. The van der Waals surface area contributed by atoms with Crippen molar-refractivity contribution in [2.45, 2.75) is 25.8 Å². The van der Waals surface area contributed by atoms with Crippen molar-refractivity contribution in [3.63, 3.8) is 0 Å². The molecule has 18 heavy (non-hydrogen) atoms. The molecule has 0 radical (unpaired) electrons. The third-order valence-electron chi connectivity index (χ3n) is 3.50. The molecule has 0 aromatic carbocycles. The van der Waals surface area contributed by atoms with Crippen LogP contribution in [0.4, 0.5) is 0 Å². The highest BCUT2D eigenvalue weighted by molar-refractivity contribution is 7.99. The van der Waals surface area contributed by atoms with E-state index < -0.39 is 0 Å². The van der Waals surface area contributed by atoms with Crippen LogP contribution in [0.5, 0.6) is 0 Å². The second kappa shape index (κ2) is 5.10. The van der Waals surface area contributed by atoms with Gasteiger partial charge in [-0.15, -0.1) is 11.6 Å². The summed E-state index contributed by atoms with van der Waals surface area (Å²) in [5, 5.41) is 0. The molecule has 1 saturated heterocycles. The van der Waals surface area contributed by atoms with E-state index in [4.69, 9.17) is 11.6 Å². The summed E-state index contributed by atoms with van der Waals surface area (Å²) < 4.78 is 2.21. The Hall–Kier alpha value is -0.740. The zero-order valence-corrected chi connectivity index (χ0v) is 12.0. The lowest BCUT2D eigenvalue weighted by molar-refractivity contribution is 0.491. The quantitative estimate of drug-likeness (QED) is 0.810. The van der Waals surface area contributed by atoms with Gasteiger partial charge in [0.15, 0.2) is 5.65 Å². The molecule has 0 aliphatic carbocycles. The van der Waals surface area contributed by atoms with Gasteiger partial charge in [0.25, 0.3) is 0 Å². The van der Waals surface area contributed by atoms with E-state index in [1.165, 1.54) is 23.5 Å². The highest BCUT2D eigenvalue weighted by atomic mass is 35.5. The Labute approximate surface area is 116 Å². The van der Waals surface area contributed by atoms with Crippen molar-refractivity contribution in [3.05, 3.63) is 23.7 Å². The van der Waals surface area contributed by atoms with Gasteiger partial charge in [-0.3, -0.25) is 0 Å². The van der Waals surface area contributed by atoms with E-state index in [1.54, 1.807) is 0 Å². The lowest BCUT2D eigenvalue weighted by Crippen LogP contribution is -2.12. The molecule has 0 N–H and O–H groups in total. The molecule has 0 bridgehead atoms. The molecule has 3 heterocycles. The molecule has 1 aliphatic rings. The zero-order chi connectivity index (χ0) is 12.5. The molecular formula is C13H16ClN3S. The second-order valence-electron chi connectivity index (χ2n) is 4.80. The Kier molecular flexibility index (Phi) is 3.48. The topological polar surface area (TPSA) is 30.7 Å². The summed E-state index contributed by atoms with van der Waals surface area (Å²) in [6.07, 6.45) is 3.15. The van der Waals surface area contributed by atoms with Gasteiger partial charge in [0.1, 0.15) is 11.3 Å². The van der Waals surface area contributed by atoms with Gasteiger partial charge in [0.2, 0.25) is 0 Å². The fourth-order valence-corrected chi connectivity index (χ4v) is 3.94. The molecule has 5 heteroatoms. The number of thioether (sulfide) groups is 1. The third kappa shape index (κ3) is 2.12. The minimum absolute atomic E-state index is 0.454. The standard InChI is InChI=1S/C13H16ClN3S/c1-9-2-4-15-13-12(9)16-11(6-14)17(13)7-10-3-5-18-8-10/h2,4,10H,3,5-8H2,1H3. The molecule has 0 amide bonds. The molecule has 96 valence electrons. The first-order valence-electron chi connectivity index (χ1n) is 6.24. The number of fused-ring (bicyclic) bond motifs is 1. The number of pyridine rings is 1. The van der Waals surface area contributed by atoms with Crippen molar-refractivity contribution in [2.75, 3.05) is 11.5 Å². The average Bonchev–Trinajstić information content (AvgIpc) is 2.99. The summed E-state index contributed by atoms with van der Waals surface area (Å²) >= 11 is 8.06. The molecule has 2 aromatic heterocycles.